The van der Waals surface area contributed by atoms with Crippen molar-refractivity contribution < 1.29 is 48.4 Å². The van der Waals surface area contributed by atoms with Gasteiger partial charge in [0.05, 0.1) is 56.7 Å². The Kier molecular flexibility index (Phi) is 12.7. The summed E-state index contributed by atoms with van der Waals surface area (Å²) in [6, 6.07) is 3.61. The molecule has 13 nitrogen and oxygen atoms in total. The number of nitriles is 1. The zero-order chi connectivity index (χ0) is 24.6. The van der Waals surface area contributed by atoms with E-state index in [-0.39, 0.29) is 50.8 Å². The molecule has 0 radical (unpaired) electrons. The molecule has 0 atom stereocenters. The monoisotopic (exact) mass is 468 g/mol. The molecule has 1 aromatic rings. The van der Waals surface area contributed by atoms with E-state index in [1.165, 1.54) is 0 Å². The minimum atomic E-state index is -1.26. The summed E-state index contributed by atoms with van der Waals surface area (Å²) in [5.41, 5.74) is -1.10. The van der Waals surface area contributed by atoms with Gasteiger partial charge in [-0.15, -0.1) is 0 Å². The highest BCUT2D eigenvalue weighted by atomic mass is 16.7. The van der Waals surface area contributed by atoms with Crippen molar-refractivity contribution >= 4 is 23.7 Å². The number of rotatable bonds is 15. The van der Waals surface area contributed by atoms with E-state index in [0.29, 0.717) is 13.2 Å². The smallest absolute Gasteiger partial charge is 0.499 e. The van der Waals surface area contributed by atoms with Crippen molar-refractivity contribution in [3.05, 3.63) is 33.4 Å². The number of allylic oxidation sites excluding steroid dienone is 1. The zero-order valence-electron chi connectivity index (χ0n) is 17.9. The van der Waals surface area contributed by atoms with Gasteiger partial charge in [0.1, 0.15) is 12.7 Å². The first kappa shape index (κ1) is 27.5. The molecule has 0 spiro atoms. The van der Waals surface area contributed by atoms with Crippen LogP contribution >= 0.6 is 0 Å². The molecule has 13 heteroatoms. The Hall–Kier alpha value is -3.57. The number of ether oxygens (including phenoxy) is 5. The summed E-state index contributed by atoms with van der Waals surface area (Å²) in [6.07, 6.45) is -0.199. The molecule has 0 fully saturated rings. The van der Waals surface area contributed by atoms with E-state index in [1.54, 1.807) is 6.07 Å². The summed E-state index contributed by atoms with van der Waals surface area (Å²) in [5, 5.41) is 38.7. The molecule has 0 aliphatic heterocycles. The first-order valence-electron chi connectivity index (χ1n) is 9.63. The third-order valence-corrected chi connectivity index (χ3v) is 3.71. The van der Waals surface area contributed by atoms with E-state index in [9.17, 15) is 24.8 Å². The number of carbonyl (C=O) groups is 2. The topological polar surface area (TPSA) is 188 Å². The number of nitrogens with zero attached hydrogens (tertiary/aromatic N) is 2. The molecule has 0 unspecified atom stereocenters. The minimum absolute atomic E-state index is 0.0124. The van der Waals surface area contributed by atoms with Gasteiger partial charge in [0, 0.05) is 6.07 Å². The van der Waals surface area contributed by atoms with Crippen LogP contribution in [0, 0.1) is 21.4 Å². The molecule has 0 amide bonds. The van der Waals surface area contributed by atoms with E-state index in [4.69, 9.17) is 34.1 Å². The van der Waals surface area contributed by atoms with E-state index >= 15 is 0 Å². The molecule has 0 saturated heterocycles. The van der Waals surface area contributed by atoms with Gasteiger partial charge < -0.3 is 33.9 Å². The molecule has 0 saturated carbocycles. The summed E-state index contributed by atoms with van der Waals surface area (Å²) in [6.45, 7) is 2.28. The normalized spacial score (nSPS) is 11.0. The van der Waals surface area contributed by atoms with E-state index in [1.807, 2.05) is 0 Å². The highest BCUT2D eigenvalue weighted by Gasteiger charge is 2.22. The van der Waals surface area contributed by atoms with Crippen molar-refractivity contribution in [3.63, 3.8) is 0 Å². The molecular formula is C20H24N2O11. The SMILES string of the molecule is CC(=O)/C(C#N)=C/c1cc(OC(=O)OCCOCCOCCOCCO)c(O)c([N+](=O)[O-])c1. The van der Waals surface area contributed by atoms with Crippen LogP contribution in [0.1, 0.15) is 12.5 Å². The predicted molar refractivity (Wildman–Crippen MR) is 111 cm³/mol. The average molecular weight is 468 g/mol. The molecule has 33 heavy (non-hydrogen) atoms. The number of benzene rings is 1. The summed E-state index contributed by atoms with van der Waals surface area (Å²) >= 11 is 0. The maximum absolute atomic E-state index is 11.8. The fourth-order valence-electron chi connectivity index (χ4n) is 2.20. The number of hydrogen-bond acceptors (Lipinski definition) is 12. The van der Waals surface area contributed by atoms with Crippen molar-refractivity contribution in [2.45, 2.75) is 6.92 Å². The number of nitro groups is 1. The number of aliphatic hydroxyl groups excluding tert-OH is 1. The Balaban J connectivity index is 2.56. The number of Topliss-reactive ketones (excluding diaryl/α,β-unsaturated/α-hetero) is 1. The number of aliphatic hydroxyl groups is 1. The highest BCUT2D eigenvalue weighted by Crippen LogP contribution is 2.38. The minimum Gasteiger partial charge on any atom is -0.499 e. The lowest BCUT2D eigenvalue weighted by molar-refractivity contribution is -0.385. The molecular weight excluding hydrogens is 444 g/mol. The molecule has 2 N–H and O–H groups in total. The van der Waals surface area contributed by atoms with Gasteiger partial charge in [-0.2, -0.15) is 5.26 Å². The third-order valence-electron chi connectivity index (χ3n) is 3.71. The molecule has 1 aromatic carbocycles. The first-order chi connectivity index (χ1) is 15.8. The Morgan fingerprint density at radius 3 is 2.18 bits per heavy atom. The van der Waals surface area contributed by atoms with Crippen molar-refractivity contribution in [1.82, 2.24) is 0 Å². The van der Waals surface area contributed by atoms with Gasteiger partial charge in [-0.1, -0.05) is 0 Å². The van der Waals surface area contributed by atoms with Gasteiger partial charge in [0.15, 0.2) is 11.5 Å². The quantitative estimate of drug-likeness (QED) is 0.0716. The van der Waals surface area contributed by atoms with Gasteiger partial charge in [-0.05, 0) is 24.6 Å². The van der Waals surface area contributed by atoms with Crippen molar-refractivity contribution in [3.8, 4) is 17.6 Å². The van der Waals surface area contributed by atoms with Gasteiger partial charge in [-0.3, -0.25) is 14.9 Å². The molecule has 0 heterocycles. The molecule has 0 bridgehead atoms. The predicted octanol–water partition coefficient (Wildman–Crippen LogP) is 1.35. The summed E-state index contributed by atoms with van der Waals surface area (Å²) < 4.78 is 25.0. The average Bonchev–Trinajstić information content (AvgIpc) is 2.77. The van der Waals surface area contributed by atoms with Crippen LogP contribution in [0.3, 0.4) is 0 Å². The van der Waals surface area contributed by atoms with E-state index in [2.05, 4.69) is 0 Å². The first-order valence-corrected chi connectivity index (χ1v) is 9.63. The van der Waals surface area contributed by atoms with Crippen LogP contribution < -0.4 is 4.74 Å². The number of nitro benzene ring substituents is 1. The second-order valence-corrected chi connectivity index (χ2v) is 6.13. The third kappa shape index (κ3) is 10.5. The fourth-order valence-corrected chi connectivity index (χ4v) is 2.20. The molecule has 0 aromatic heterocycles. The molecule has 0 aliphatic carbocycles. The van der Waals surface area contributed by atoms with Crippen molar-refractivity contribution in [1.29, 1.82) is 5.26 Å². The lowest BCUT2D eigenvalue weighted by atomic mass is 10.1. The lowest BCUT2D eigenvalue weighted by Crippen LogP contribution is -2.16. The van der Waals surface area contributed by atoms with Gasteiger partial charge in [-0.25, -0.2) is 4.79 Å². The Bertz CT molecular complexity index is 893. The fraction of sp³-hybridized carbons (Fsp3) is 0.450. The molecule has 0 aliphatic rings. The maximum Gasteiger partial charge on any atom is 0.514 e. The van der Waals surface area contributed by atoms with E-state index in [0.717, 1.165) is 25.1 Å². The zero-order valence-corrected chi connectivity index (χ0v) is 17.9. The van der Waals surface area contributed by atoms with Crippen molar-refractivity contribution in [2.24, 2.45) is 0 Å². The van der Waals surface area contributed by atoms with Gasteiger partial charge >= 0.3 is 11.8 Å². The second kappa shape index (κ2) is 15.3. The Labute approximate surface area is 188 Å². The Morgan fingerprint density at radius 1 is 1.09 bits per heavy atom. The summed E-state index contributed by atoms with van der Waals surface area (Å²) in [5.74, 6) is -2.08. The number of aromatic hydroxyl groups is 1. The highest BCUT2D eigenvalue weighted by molar-refractivity contribution is 6.01. The van der Waals surface area contributed by atoms with Crippen molar-refractivity contribution in [2.75, 3.05) is 52.9 Å². The number of phenols is 1. The lowest BCUT2D eigenvalue weighted by Gasteiger charge is -2.09. The van der Waals surface area contributed by atoms with Crippen LogP contribution in [0.25, 0.3) is 6.08 Å². The van der Waals surface area contributed by atoms with Crippen LogP contribution in [0.4, 0.5) is 10.5 Å². The van der Waals surface area contributed by atoms with Crippen LogP contribution in [0.5, 0.6) is 11.5 Å². The number of ketones is 1. The van der Waals surface area contributed by atoms with Crippen LogP contribution in [0.2, 0.25) is 0 Å². The number of carbonyl (C=O) groups excluding carboxylic acids is 2. The Morgan fingerprint density at radius 2 is 1.67 bits per heavy atom. The van der Waals surface area contributed by atoms with Gasteiger partial charge in [0.25, 0.3) is 0 Å². The number of phenolic OH excluding ortho intramolecular Hbond substituents is 1. The van der Waals surface area contributed by atoms with Crippen LogP contribution in [0.15, 0.2) is 17.7 Å². The van der Waals surface area contributed by atoms with Gasteiger partial charge in [0.2, 0.25) is 5.75 Å². The molecule has 1 rings (SSSR count). The largest absolute Gasteiger partial charge is 0.514 e. The molecule has 180 valence electrons. The van der Waals surface area contributed by atoms with E-state index < -0.39 is 34.0 Å². The summed E-state index contributed by atoms with van der Waals surface area (Å²) in [4.78, 5) is 33.5. The van der Waals surface area contributed by atoms with Crippen LogP contribution in [-0.4, -0.2) is 79.9 Å². The second-order valence-electron chi connectivity index (χ2n) is 6.13. The number of hydrogen-bond donors (Lipinski definition) is 2. The van der Waals surface area contributed by atoms with Crippen LogP contribution in [-0.2, 0) is 23.7 Å². The standard InChI is InChI=1S/C20H24N2O11/c1-14(24)16(13-21)10-15-11-17(22(27)28)19(25)18(12-15)33-20(26)32-9-8-31-7-6-30-5-4-29-3-2-23/h10-12,23,25H,2-9H2,1H3/b16-10+. The maximum atomic E-state index is 11.8. The summed E-state index contributed by atoms with van der Waals surface area (Å²) in [7, 11) is 0.